The van der Waals surface area contributed by atoms with Crippen LogP contribution >= 0.6 is 0 Å². The molecular formula is C12H15FN2. The fourth-order valence-corrected chi connectivity index (χ4v) is 1.64. The summed E-state index contributed by atoms with van der Waals surface area (Å²) in [6, 6.07) is 5.18. The molecule has 0 saturated carbocycles. The Labute approximate surface area is 89.2 Å². The van der Waals surface area contributed by atoms with Gasteiger partial charge in [-0.1, -0.05) is 6.07 Å². The quantitative estimate of drug-likeness (QED) is 0.750. The summed E-state index contributed by atoms with van der Waals surface area (Å²) in [4.78, 5) is 4.36. The summed E-state index contributed by atoms with van der Waals surface area (Å²) in [7, 11) is 0. The molecule has 0 atom stereocenters. The average Bonchev–Trinajstić information content (AvgIpc) is 2.25. The normalized spacial score (nSPS) is 16.0. The summed E-state index contributed by atoms with van der Waals surface area (Å²) in [6.07, 6.45) is 3.29. The highest BCUT2D eigenvalue weighted by Gasteiger charge is 2.06. The van der Waals surface area contributed by atoms with Crippen molar-refractivity contribution in [3.63, 3.8) is 0 Å². The molecule has 1 aromatic carbocycles. The molecule has 0 aliphatic carbocycles. The van der Waals surface area contributed by atoms with Crippen LogP contribution in [0.2, 0.25) is 0 Å². The van der Waals surface area contributed by atoms with Crippen LogP contribution < -0.4 is 5.32 Å². The Morgan fingerprint density at radius 2 is 2.20 bits per heavy atom. The minimum atomic E-state index is -0.170. The van der Waals surface area contributed by atoms with Crippen LogP contribution in [0, 0.1) is 12.7 Å². The van der Waals surface area contributed by atoms with Crippen LogP contribution in [0.5, 0.6) is 0 Å². The van der Waals surface area contributed by atoms with E-state index in [0.717, 1.165) is 30.9 Å². The molecule has 2 nitrogen and oxygen atoms in total. The van der Waals surface area contributed by atoms with Gasteiger partial charge in [0.1, 0.15) is 11.7 Å². The second kappa shape index (κ2) is 4.43. The molecule has 1 aliphatic rings. The lowest BCUT2D eigenvalue weighted by molar-refractivity contribution is 0.619. The van der Waals surface area contributed by atoms with E-state index in [1.54, 1.807) is 13.0 Å². The largest absolute Gasteiger partial charge is 0.344 e. The van der Waals surface area contributed by atoms with Crippen molar-refractivity contribution in [3.05, 3.63) is 29.6 Å². The van der Waals surface area contributed by atoms with E-state index in [-0.39, 0.29) is 5.82 Å². The molecule has 0 spiro atoms. The number of hydrogen-bond donors (Lipinski definition) is 1. The van der Waals surface area contributed by atoms with E-state index in [1.165, 1.54) is 12.5 Å². The molecule has 0 saturated heterocycles. The van der Waals surface area contributed by atoms with Crippen molar-refractivity contribution in [3.8, 4) is 0 Å². The Morgan fingerprint density at radius 1 is 1.33 bits per heavy atom. The number of halogens is 1. The SMILES string of the molecule is Cc1ccc(NC2=NCCCC2)cc1F. The van der Waals surface area contributed by atoms with Crippen molar-refractivity contribution < 1.29 is 4.39 Å². The number of rotatable bonds is 1. The summed E-state index contributed by atoms with van der Waals surface area (Å²) in [5, 5.41) is 3.16. The topological polar surface area (TPSA) is 24.4 Å². The Morgan fingerprint density at radius 3 is 2.87 bits per heavy atom. The Kier molecular flexibility index (Phi) is 2.99. The summed E-state index contributed by atoms with van der Waals surface area (Å²) in [6.45, 7) is 2.65. The molecule has 1 heterocycles. The third kappa shape index (κ3) is 2.55. The molecule has 3 heteroatoms. The molecule has 0 radical (unpaired) electrons. The fraction of sp³-hybridized carbons (Fsp3) is 0.417. The third-order valence-electron chi connectivity index (χ3n) is 2.58. The van der Waals surface area contributed by atoms with Crippen molar-refractivity contribution in [2.45, 2.75) is 26.2 Å². The van der Waals surface area contributed by atoms with Crippen LogP contribution in [-0.4, -0.2) is 12.4 Å². The number of aryl methyl sites for hydroxylation is 1. The minimum Gasteiger partial charge on any atom is -0.344 e. The number of nitrogens with one attached hydrogen (secondary N) is 1. The Balaban J connectivity index is 2.10. The zero-order valence-corrected chi connectivity index (χ0v) is 8.89. The molecule has 0 amide bonds. The molecule has 1 aliphatic heterocycles. The van der Waals surface area contributed by atoms with Gasteiger partial charge in [-0.25, -0.2) is 4.39 Å². The van der Waals surface area contributed by atoms with E-state index < -0.39 is 0 Å². The molecular weight excluding hydrogens is 191 g/mol. The zero-order chi connectivity index (χ0) is 10.7. The number of amidine groups is 1. The second-order valence-corrected chi connectivity index (χ2v) is 3.87. The molecule has 1 aromatic rings. The first-order valence-corrected chi connectivity index (χ1v) is 5.32. The number of nitrogens with zero attached hydrogens (tertiary/aromatic N) is 1. The van der Waals surface area contributed by atoms with Gasteiger partial charge >= 0.3 is 0 Å². The minimum absolute atomic E-state index is 0.170. The van der Waals surface area contributed by atoms with Crippen molar-refractivity contribution in [2.75, 3.05) is 11.9 Å². The maximum atomic E-state index is 13.3. The molecule has 80 valence electrons. The standard InChI is InChI=1S/C12H15FN2/c1-9-5-6-10(8-11(9)13)15-12-4-2-3-7-14-12/h5-6,8H,2-4,7H2,1H3,(H,14,15). The molecule has 15 heavy (non-hydrogen) atoms. The first kappa shape index (κ1) is 10.1. The van der Waals surface area contributed by atoms with E-state index in [9.17, 15) is 4.39 Å². The fourth-order valence-electron chi connectivity index (χ4n) is 1.64. The van der Waals surface area contributed by atoms with Gasteiger partial charge in [-0.3, -0.25) is 4.99 Å². The molecule has 0 bridgehead atoms. The first-order valence-electron chi connectivity index (χ1n) is 5.32. The van der Waals surface area contributed by atoms with E-state index in [1.807, 2.05) is 6.07 Å². The van der Waals surface area contributed by atoms with Crippen molar-refractivity contribution in [1.82, 2.24) is 0 Å². The van der Waals surface area contributed by atoms with Gasteiger partial charge in [-0.05, 0) is 37.5 Å². The van der Waals surface area contributed by atoms with E-state index in [0.29, 0.717) is 5.56 Å². The van der Waals surface area contributed by atoms with Crippen molar-refractivity contribution >= 4 is 11.5 Å². The maximum Gasteiger partial charge on any atom is 0.128 e. The summed E-state index contributed by atoms with van der Waals surface area (Å²) < 4.78 is 13.3. The number of benzene rings is 1. The molecule has 0 fully saturated rings. The predicted octanol–water partition coefficient (Wildman–Crippen LogP) is 3.13. The van der Waals surface area contributed by atoms with Gasteiger partial charge < -0.3 is 5.32 Å². The van der Waals surface area contributed by atoms with Crippen LogP contribution in [-0.2, 0) is 0 Å². The van der Waals surface area contributed by atoms with E-state index in [4.69, 9.17) is 0 Å². The lowest BCUT2D eigenvalue weighted by Gasteiger charge is -2.14. The maximum absolute atomic E-state index is 13.3. The summed E-state index contributed by atoms with van der Waals surface area (Å²) in [5.41, 5.74) is 1.46. The van der Waals surface area contributed by atoms with E-state index >= 15 is 0 Å². The van der Waals surface area contributed by atoms with Crippen LogP contribution in [0.1, 0.15) is 24.8 Å². The van der Waals surface area contributed by atoms with Gasteiger partial charge in [0.25, 0.3) is 0 Å². The van der Waals surface area contributed by atoms with E-state index in [2.05, 4.69) is 10.3 Å². The van der Waals surface area contributed by atoms with Crippen molar-refractivity contribution in [1.29, 1.82) is 0 Å². The highest BCUT2D eigenvalue weighted by Crippen LogP contribution is 2.15. The third-order valence-corrected chi connectivity index (χ3v) is 2.58. The Bertz CT molecular complexity index is 385. The van der Waals surface area contributed by atoms with Gasteiger partial charge in [0, 0.05) is 18.7 Å². The van der Waals surface area contributed by atoms with Crippen LogP contribution in [0.15, 0.2) is 23.2 Å². The first-order chi connectivity index (χ1) is 7.25. The number of aliphatic imine (C=N–C) groups is 1. The Hall–Kier alpha value is -1.38. The van der Waals surface area contributed by atoms with Gasteiger partial charge in [0.05, 0.1) is 0 Å². The van der Waals surface area contributed by atoms with Crippen LogP contribution in [0.25, 0.3) is 0 Å². The highest BCUT2D eigenvalue weighted by atomic mass is 19.1. The van der Waals surface area contributed by atoms with Crippen LogP contribution in [0.4, 0.5) is 10.1 Å². The van der Waals surface area contributed by atoms with Crippen molar-refractivity contribution in [2.24, 2.45) is 4.99 Å². The van der Waals surface area contributed by atoms with Gasteiger partial charge in [-0.2, -0.15) is 0 Å². The number of hydrogen-bond acceptors (Lipinski definition) is 2. The van der Waals surface area contributed by atoms with Crippen LogP contribution in [0.3, 0.4) is 0 Å². The molecule has 0 aromatic heterocycles. The summed E-state index contributed by atoms with van der Waals surface area (Å²) in [5.74, 6) is 0.806. The van der Waals surface area contributed by atoms with Gasteiger partial charge in [0.15, 0.2) is 0 Å². The average molecular weight is 206 g/mol. The lowest BCUT2D eigenvalue weighted by Crippen LogP contribution is -2.16. The monoisotopic (exact) mass is 206 g/mol. The van der Waals surface area contributed by atoms with Gasteiger partial charge in [0.2, 0.25) is 0 Å². The second-order valence-electron chi connectivity index (χ2n) is 3.87. The zero-order valence-electron chi connectivity index (χ0n) is 8.89. The van der Waals surface area contributed by atoms with Gasteiger partial charge in [-0.15, -0.1) is 0 Å². The molecule has 1 N–H and O–H groups in total. The molecule has 0 unspecified atom stereocenters. The summed E-state index contributed by atoms with van der Waals surface area (Å²) >= 11 is 0. The highest BCUT2D eigenvalue weighted by molar-refractivity contribution is 5.95. The molecule has 2 rings (SSSR count). The predicted molar refractivity (Wildman–Crippen MR) is 60.9 cm³/mol. The number of anilines is 1. The smallest absolute Gasteiger partial charge is 0.128 e. The lowest BCUT2D eigenvalue weighted by atomic mass is 10.1.